The standard InChI is InChI=1S/C11H9BrN2O2/c1-7-5-10(16-14-7)11(15)13-9-4-2-3-8(12)6-9/h2-6H,1H3,(H,13,15). The molecule has 5 heteroatoms. The average Bonchev–Trinajstić information content (AvgIpc) is 2.65. The van der Waals surface area contributed by atoms with Gasteiger partial charge in [-0.15, -0.1) is 0 Å². The van der Waals surface area contributed by atoms with Crippen LogP contribution in [0.4, 0.5) is 5.69 Å². The zero-order valence-electron chi connectivity index (χ0n) is 8.53. The van der Waals surface area contributed by atoms with Gasteiger partial charge in [0, 0.05) is 16.2 Å². The summed E-state index contributed by atoms with van der Waals surface area (Å²) in [5, 5.41) is 6.36. The van der Waals surface area contributed by atoms with Gasteiger partial charge in [0.1, 0.15) is 0 Å². The van der Waals surface area contributed by atoms with Crippen molar-refractivity contribution in [3.63, 3.8) is 0 Å². The zero-order valence-corrected chi connectivity index (χ0v) is 10.1. The summed E-state index contributed by atoms with van der Waals surface area (Å²) in [6.45, 7) is 1.76. The number of nitrogens with zero attached hydrogens (tertiary/aromatic N) is 1. The van der Waals surface area contributed by atoms with Crippen molar-refractivity contribution in [3.05, 3.63) is 46.3 Å². The Morgan fingerprint density at radius 3 is 2.88 bits per heavy atom. The molecule has 1 amide bonds. The van der Waals surface area contributed by atoms with Crippen LogP contribution in [0.15, 0.2) is 39.3 Å². The van der Waals surface area contributed by atoms with E-state index in [2.05, 4.69) is 26.4 Å². The Morgan fingerprint density at radius 1 is 1.44 bits per heavy atom. The number of aromatic nitrogens is 1. The second kappa shape index (κ2) is 4.49. The molecule has 0 fully saturated rings. The molecule has 0 spiro atoms. The van der Waals surface area contributed by atoms with Gasteiger partial charge in [-0.05, 0) is 25.1 Å². The smallest absolute Gasteiger partial charge is 0.294 e. The van der Waals surface area contributed by atoms with Gasteiger partial charge in [-0.2, -0.15) is 0 Å². The van der Waals surface area contributed by atoms with Crippen LogP contribution in [0.2, 0.25) is 0 Å². The molecule has 16 heavy (non-hydrogen) atoms. The van der Waals surface area contributed by atoms with Crippen LogP contribution in [0.1, 0.15) is 16.2 Å². The Balaban J connectivity index is 2.13. The molecule has 1 N–H and O–H groups in total. The Bertz CT molecular complexity index is 522. The van der Waals surface area contributed by atoms with E-state index in [4.69, 9.17) is 4.52 Å². The number of anilines is 1. The average molecular weight is 281 g/mol. The van der Waals surface area contributed by atoms with E-state index in [0.29, 0.717) is 11.4 Å². The van der Waals surface area contributed by atoms with Gasteiger partial charge in [0.05, 0.1) is 5.69 Å². The lowest BCUT2D eigenvalue weighted by Gasteiger charge is -2.02. The number of hydrogen-bond donors (Lipinski definition) is 1. The van der Waals surface area contributed by atoms with E-state index in [-0.39, 0.29) is 11.7 Å². The maximum absolute atomic E-state index is 11.7. The van der Waals surface area contributed by atoms with Crippen LogP contribution in [-0.4, -0.2) is 11.1 Å². The maximum atomic E-state index is 11.7. The summed E-state index contributed by atoms with van der Waals surface area (Å²) >= 11 is 3.33. The number of carbonyl (C=O) groups is 1. The van der Waals surface area contributed by atoms with Gasteiger partial charge in [-0.3, -0.25) is 4.79 Å². The van der Waals surface area contributed by atoms with Crippen molar-refractivity contribution in [2.75, 3.05) is 5.32 Å². The Morgan fingerprint density at radius 2 is 2.25 bits per heavy atom. The van der Waals surface area contributed by atoms with Crippen LogP contribution in [-0.2, 0) is 0 Å². The van der Waals surface area contributed by atoms with E-state index in [0.717, 1.165) is 4.47 Å². The topological polar surface area (TPSA) is 55.1 Å². The van der Waals surface area contributed by atoms with Gasteiger partial charge >= 0.3 is 0 Å². The first-order valence-corrected chi connectivity index (χ1v) is 5.45. The van der Waals surface area contributed by atoms with Crippen molar-refractivity contribution in [2.45, 2.75) is 6.92 Å². The fraction of sp³-hybridized carbons (Fsp3) is 0.0909. The lowest BCUT2D eigenvalue weighted by Crippen LogP contribution is -2.10. The summed E-state index contributed by atoms with van der Waals surface area (Å²) in [5.74, 6) is -0.101. The first-order valence-electron chi connectivity index (χ1n) is 4.65. The number of hydrogen-bond acceptors (Lipinski definition) is 3. The molecule has 1 aromatic heterocycles. The number of aryl methyl sites for hydroxylation is 1. The minimum Gasteiger partial charge on any atom is -0.351 e. The molecule has 0 radical (unpaired) electrons. The molecule has 0 saturated carbocycles. The molecule has 1 aromatic carbocycles. The molecule has 0 saturated heterocycles. The third-order valence-electron chi connectivity index (χ3n) is 1.93. The van der Waals surface area contributed by atoms with Gasteiger partial charge in [-0.1, -0.05) is 27.2 Å². The van der Waals surface area contributed by atoms with Crippen LogP contribution < -0.4 is 5.32 Å². The van der Waals surface area contributed by atoms with Crippen molar-refractivity contribution in [1.82, 2.24) is 5.16 Å². The molecule has 0 aliphatic carbocycles. The van der Waals surface area contributed by atoms with Crippen LogP contribution in [0.5, 0.6) is 0 Å². The highest BCUT2D eigenvalue weighted by atomic mass is 79.9. The van der Waals surface area contributed by atoms with E-state index in [1.807, 2.05) is 12.1 Å². The molecular weight excluding hydrogens is 272 g/mol. The molecule has 82 valence electrons. The number of amides is 1. The lowest BCUT2D eigenvalue weighted by molar-refractivity contribution is 0.0988. The highest BCUT2D eigenvalue weighted by Crippen LogP contribution is 2.16. The van der Waals surface area contributed by atoms with Gasteiger partial charge in [0.25, 0.3) is 5.91 Å². The largest absolute Gasteiger partial charge is 0.351 e. The summed E-state index contributed by atoms with van der Waals surface area (Å²) in [7, 11) is 0. The number of halogens is 1. The normalized spacial score (nSPS) is 10.1. The molecule has 2 rings (SSSR count). The van der Waals surface area contributed by atoms with E-state index in [1.54, 1.807) is 25.1 Å². The Kier molecular flexibility index (Phi) is 3.05. The van der Waals surface area contributed by atoms with Gasteiger partial charge in [0.15, 0.2) is 0 Å². The number of nitrogens with one attached hydrogen (secondary N) is 1. The van der Waals surface area contributed by atoms with Crippen LogP contribution in [0.3, 0.4) is 0 Å². The summed E-state index contributed by atoms with van der Waals surface area (Å²) in [4.78, 5) is 11.7. The second-order valence-electron chi connectivity index (χ2n) is 3.30. The molecule has 0 atom stereocenters. The van der Waals surface area contributed by atoms with Crippen molar-refractivity contribution in [3.8, 4) is 0 Å². The van der Waals surface area contributed by atoms with Crippen molar-refractivity contribution >= 4 is 27.5 Å². The summed E-state index contributed by atoms with van der Waals surface area (Å²) in [6, 6.07) is 8.92. The predicted octanol–water partition coefficient (Wildman–Crippen LogP) is 3.00. The zero-order chi connectivity index (χ0) is 11.5. The maximum Gasteiger partial charge on any atom is 0.294 e. The molecule has 0 aliphatic rings. The first-order chi connectivity index (χ1) is 7.65. The van der Waals surface area contributed by atoms with Gasteiger partial charge in [0.2, 0.25) is 5.76 Å². The van der Waals surface area contributed by atoms with Gasteiger partial charge < -0.3 is 9.84 Å². The SMILES string of the molecule is Cc1cc(C(=O)Nc2cccc(Br)c2)on1. The minimum absolute atomic E-state index is 0.206. The molecule has 0 unspecified atom stereocenters. The summed E-state index contributed by atoms with van der Waals surface area (Å²) in [6.07, 6.45) is 0. The first kappa shape index (κ1) is 10.9. The van der Waals surface area contributed by atoms with Crippen molar-refractivity contribution < 1.29 is 9.32 Å². The fourth-order valence-electron chi connectivity index (χ4n) is 1.23. The molecule has 4 nitrogen and oxygen atoms in total. The van der Waals surface area contributed by atoms with Gasteiger partial charge in [-0.25, -0.2) is 0 Å². The third-order valence-corrected chi connectivity index (χ3v) is 2.43. The second-order valence-corrected chi connectivity index (χ2v) is 4.21. The predicted molar refractivity (Wildman–Crippen MR) is 63.3 cm³/mol. The molecule has 1 heterocycles. The molecule has 2 aromatic rings. The number of benzene rings is 1. The third kappa shape index (κ3) is 2.49. The van der Waals surface area contributed by atoms with E-state index in [1.165, 1.54) is 0 Å². The molecule has 0 aliphatic heterocycles. The Labute approximate surface area is 101 Å². The van der Waals surface area contributed by atoms with E-state index in [9.17, 15) is 4.79 Å². The Hall–Kier alpha value is -1.62. The van der Waals surface area contributed by atoms with E-state index < -0.39 is 0 Å². The van der Waals surface area contributed by atoms with Crippen molar-refractivity contribution in [1.29, 1.82) is 0 Å². The van der Waals surface area contributed by atoms with Crippen LogP contribution in [0, 0.1) is 6.92 Å². The van der Waals surface area contributed by atoms with Crippen LogP contribution >= 0.6 is 15.9 Å². The fourth-order valence-corrected chi connectivity index (χ4v) is 1.63. The number of rotatable bonds is 2. The summed E-state index contributed by atoms with van der Waals surface area (Å²) in [5.41, 5.74) is 1.38. The van der Waals surface area contributed by atoms with Crippen molar-refractivity contribution in [2.24, 2.45) is 0 Å². The molecular formula is C11H9BrN2O2. The highest BCUT2D eigenvalue weighted by Gasteiger charge is 2.11. The molecule has 0 bridgehead atoms. The lowest BCUT2D eigenvalue weighted by atomic mass is 10.3. The van der Waals surface area contributed by atoms with E-state index >= 15 is 0 Å². The monoisotopic (exact) mass is 280 g/mol. The highest BCUT2D eigenvalue weighted by molar-refractivity contribution is 9.10. The minimum atomic E-state index is -0.307. The summed E-state index contributed by atoms with van der Waals surface area (Å²) < 4.78 is 5.76. The number of carbonyl (C=O) groups excluding carboxylic acids is 1. The quantitative estimate of drug-likeness (QED) is 0.920. The van der Waals surface area contributed by atoms with Crippen LogP contribution in [0.25, 0.3) is 0 Å².